The SMILES string of the molecule is CC(C)c1cccc(-c2ccc(S(=O)(=O)NC3CCCc4c(OCC(=O)O)cc(F)cc43)nc2)c1. The largest absolute Gasteiger partial charge is 0.482 e. The first-order valence-electron chi connectivity index (χ1n) is 11.4. The molecule has 1 unspecified atom stereocenters. The van der Waals surface area contributed by atoms with E-state index in [-0.39, 0.29) is 10.8 Å². The van der Waals surface area contributed by atoms with Gasteiger partial charge in [-0.15, -0.1) is 0 Å². The zero-order valence-corrected chi connectivity index (χ0v) is 20.3. The number of aromatic nitrogens is 1. The van der Waals surface area contributed by atoms with Gasteiger partial charge >= 0.3 is 5.97 Å². The van der Waals surface area contributed by atoms with Gasteiger partial charge in [0.1, 0.15) is 11.6 Å². The Bertz CT molecular complexity index is 1340. The monoisotopic (exact) mass is 498 g/mol. The summed E-state index contributed by atoms with van der Waals surface area (Å²) in [6.07, 6.45) is 3.16. The third-order valence-electron chi connectivity index (χ3n) is 6.05. The van der Waals surface area contributed by atoms with Gasteiger partial charge < -0.3 is 9.84 Å². The van der Waals surface area contributed by atoms with E-state index in [2.05, 4.69) is 29.6 Å². The van der Waals surface area contributed by atoms with Gasteiger partial charge in [-0.25, -0.2) is 27.3 Å². The van der Waals surface area contributed by atoms with Crippen LogP contribution in [0.3, 0.4) is 0 Å². The standard InChI is InChI=1S/C26H27FN2O5S/c1-16(2)17-5-3-6-18(11-17)19-9-10-25(28-14-19)35(32,33)29-23-8-4-7-21-22(23)12-20(27)13-24(21)34-15-26(30)31/h3,5-6,9-14,16,23,29H,4,7-8,15H2,1-2H3,(H,30,31). The van der Waals surface area contributed by atoms with Gasteiger partial charge in [0.15, 0.2) is 11.6 Å². The number of carboxylic acids is 1. The number of nitrogens with zero attached hydrogens (tertiary/aromatic N) is 1. The average molecular weight is 499 g/mol. The number of halogens is 1. The summed E-state index contributed by atoms with van der Waals surface area (Å²) in [4.78, 5) is 15.1. The van der Waals surface area contributed by atoms with Gasteiger partial charge in [0, 0.05) is 23.9 Å². The fraction of sp³-hybridized carbons (Fsp3) is 0.308. The molecule has 2 N–H and O–H groups in total. The topological polar surface area (TPSA) is 106 Å². The van der Waals surface area contributed by atoms with Gasteiger partial charge in [0.25, 0.3) is 10.0 Å². The number of ether oxygens (including phenoxy) is 1. The number of aliphatic carboxylic acids is 1. The van der Waals surface area contributed by atoms with E-state index in [1.165, 1.54) is 23.9 Å². The molecule has 2 aromatic carbocycles. The Morgan fingerprint density at radius 1 is 1.20 bits per heavy atom. The third-order valence-corrected chi connectivity index (χ3v) is 7.44. The van der Waals surface area contributed by atoms with Gasteiger partial charge in [0.05, 0.1) is 0 Å². The van der Waals surface area contributed by atoms with Crippen molar-refractivity contribution in [2.24, 2.45) is 0 Å². The Balaban J connectivity index is 1.58. The highest BCUT2D eigenvalue weighted by Crippen LogP contribution is 2.37. The van der Waals surface area contributed by atoms with Gasteiger partial charge in [-0.3, -0.25) is 0 Å². The van der Waals surface area contributed by atoms with Crippen molar-refractivity contribution in [1.82, 2.24) is 9.71 Å². The fourth-order valence-corrected chi connectivity index (χ4v) is 5.45. The second kappa shape index (κ2) is 10.1. The van der Waals surface area contributed by atoms with E-state index >= 15 is 0 Å². The molecule has 0 spiro atoms. The zero-order valence-electron chi connectivity index (χ0n) is 19.5. The number of hydrogen-bond acceptors (Lipinski definition) is 5. The molecule has 0 amide bonds. The highest BCUT2D eigenvalue weighted by molar-refractivity contribution is 7.89. The molecule has 1 atom stereocenters. The van der Waals surface area contributed by atoms with E-state index in [9.17, 15) is 17.6 Å². The Morgan fingerprint density at radius 3 is 2.69 bits per heavy atom. The van der Waals surface area contributed by atoms with Gasteiger partial charge in [0.2, 0.25) is 0 Å². The van der Waals surface area contributed by atoms with Gasteiger partial charge in [-0.1, -0.05) is 38.1 Å². The lowest BCUT2D eigenvalue weighted by Gasteiger charge is -2.27. The third kappa shape index (κ3) is 5.68. The second-order valence-electron chi connectivity index (χ2n) is 8.89. The van der Waals surface area contributed by atoms with Crippen molar-refractivity contribution in [1.29, 1.82) is 0 Å². The Labute approximate surface area is 204 Å². The lowest BCUT2D eigenvalue weighted by molar-refractivity contribution is -0.139. The number of carboxylic acid groups (broad SMARTS) is 1. The summed E-state index contributed by atoms with van der Waals surface area (Å²) < 4.78 is 48.4. The first-order chi connectivity index (χ1) is 16.6. The highest BCUT2D eigenvalue weighted by atomic mass is 32.2. The van der Waals surface area contributed by atoms with E-state index < -0.39 is 34.5 Å². The molecule has 0 aliphatic heterocycles. The van der Waals surface area contributed by atoms with Crippen molar-refractivity contribution in [2.45, 2.75) is 50.1 Å². The second-order valence-corrected chi connectivity index (χ2v) is 10.5. The summed E-state index contributed by atoms with van der Waals surface area (Å²) in [5, 5.41) is 8.76. The Morgan fingerprint density at radius 2 is 2.00 bits per heavy atom. The van der Waals surface area contributed by atoms with Crippen LogP contribution >= 0.6 is 0 Å². The van der Waals surface area contributed by atoms with E-state index in [0.717, 1.165) is 17.2 Å². The summed E-state index contributed by atoms with van der Waals surface area (Å²) in [5.74, 6) is -1.31. The fourth-order valence-electron chi connectivity index (χ4n) is 4.27. The van der Waals surface area contributed by atoms with Crippen molar-refractivity contribution in [2.75, 3.05) is 6.61 Å². The van der Waals surface area contributed by atoms with Crippen molar-refractivity contribution >= 4 is 16.0 Å². The van der Waals surface area contributed by atoms with Crippen LogP contribution in [-0.4, -0.2) is 31.1 Å². The lowest BCUT2D eigenvalue weighted by Crippen LogP contribution is -2.32. The number of rotatable bonds is 8. The smallest absolute Gasteiger partial charge is 0.341 e. The maximum absolute atomic E-state index is 14.3. The van der Waals surface area contributed by atoms with Gasteiger partial charge in [-0.2, -0.15) is 0 Å². The van der Waals surface area contributed by atoms with Crippen LogP contribution in [0.15, 0.2) is 59.8 Å². The Kier molecular flexibility index (Phi) is 7.18. The number of pyridine rings is 1. The Hall–Kier alpha value is -3.30. The maximum atomic E-state index is 14.3. The van der Waals surface area contributed by atoms with E-state index in [1.54, 1.807) is 6.07 Å². The van der Waals surface area contributed by atoms with Crippen molar-refractivity contribution in [3.63, 3.8) is 0 Å². The molecule has 0 saturated carbocycles. The summed E-state index contributed by atoms with van der Waals surface area (Å²) in [6.45, 7) is 3.60. The number of carbonyl (C=O) groups is 1. The molecule has 0 fully saturated rings. The molecule has 9 heteroatoms. The molecule has 1 aromatic heterocycles. The van der Waals surface area contributed by atoms with Crippen molar-refractivity contribution in [3.05, 3.63) is 77.2 Å². The first-order valence-corrected chi connectivity index (χ1v) is 12.9. The summed E-state index contributed by atoms with van der Waals surface area (Å²) in [7, 11) is -3.99. The molecule has 0 radical (unpaired) electrons. The van der Waals surface area contributed by atoms with Crippen LogP contribution in [-0.2, 0) is 21.2 Å². The summed E-state index contributed by atoms with van der Waals surface area (Å²) >= 11 is 0. The van der Waals surface area contributed by atoms with Crippen molar-refractivity contribution in [3.8, 4) is 16.9 Å². The minimum absolute atomic E-state index is 0.123. The number of fused-ring (bicyclic) bond motifs is 1. The van der Waals surface area contributed by atoms with Crippen LogP contribution in [0.5, 0.6) is 5.75 Å². The first kappa shape index (κ1) is 24.8. The molecule has 3 aromatic rings. The molecule has 0 saturated heterocycles. The quantitative estimate of drug-likeness (QED) is 0.461. The van der Waals surface area contributed by atoms with E-state index in [0.29, 0.717) is 36.3 Å². The maximum Gasteiger partial charge on any atom is 0.341 e. The molecule has 35 heavy (non-hydrogen) atoms. The molecular weight excluding hydrogens is 471 g/mol. The van der Waals surface area contributed by atoms with Gasteiger partial charge in [-0.05, 0) is 65.6 Å². The number of sulfonamides is 1. The highest BCUT2D eigenvalue weighted by Gasteiger charge is 2.29. The number of hydrogen-bond donors (Lipinski definition) is 2. The van der Waals surface area contributed by atoms with Crippen LogP contribution in [0.4, 0.5) is 4.39 Å². The average Bonchev–Trinajstić information content (AvgIpc) is 2.83. The molecular formula is C26H27FN2O5S. The minimum atomic E-state index is -3.99. The predicted molar refractivity (Wildman–Crippen MR) is 129 cm³/mol. The van der Waals surface area contributed by atoms with Crippen molar-refractivity contribution < 1.29 is 27.4 Å². The van der Waals surface area contributed by atoms with Crippen LogP contribution < -0.4 is 9.46 Å². The molecule has 1 heterocycles. The summed E-state index contributed by atoms with van der Waals surface area (Å²) in [6, 6.07) is 12.9. The molecule has 1 aliphatic rings. The lowest BCUT2D eigenvalue weighted by atomic mass is 9.87. The van der Waals surface area contributed by atoms with E-state index in [1.807, 2.05) is 18.2 Å². The molecule has 4 rings (SSSR count). The minimum Gasteiger partial charge on any atom is -0.482 e. The summed E-state index contributed by atoms with van der Waals surface area (Å²) in [5.41, 5.74) is 3.99. The number of benzene rings is 2. The van der Waals surface area contributed by atoms with Crippen LogP contribution in [0.1, 0.15) is 55.3 Å². The van der Waals surface area contributed by atoms with Crippen LogP contribution in [0.2, 0.25) is 0 Å². The number of nitrogens with one attached hydrogen (secondary N) is 1. The molecule has 0 bridgehead atoms. The predicted octanol–water partition coefficient (Wildman–Crippen LogP) is 4.83. The molecule has 1 aliphatic carbocycles. The molecule has 7 nitrogen and oxygen atoms in total. The molecule has 184 valence electrons. The zero-order chi connectivity index (χ0) is 25.2. The normalized spacial score (nSPS) is 15.6. The van der Waals surface area contributed by atoms with E-state index in [4.69, 9.17) is 9.84 Å². The van der Waals surface area contributed by atoms with Crippen LogP contribution in [0.25, 0.3) is 11.1 Å². The van der Waals surface area contributed by atoms with Crippen LogP contribution in [0, 0.1) is 5.82 Å².